The Morgan fingerprint density at radius 3 is 2.27 bits per heavy atom. The summed E-state index contributed by atoms with van der Waals surface area (Å²) in [5.74, 6) is 0. The van der Waals surface area contributed by atoms with Gasteiger partial charge in [-0.25, -0.2) is 0 Å². The van der Waals surface area contributed by atoms with Crippen LogP contribution < -0.4 is 0 Å². The van der Waals surface area contributed by atoms with Gasteiger partial charge in [-0.1, -0.05) is 54.6 Å². The highest BCUT2D eigenvalue weighted by Gasteiger charge is 2.20. The van der Waals surface area contributed by atoms with Crippen molar-refractivity contribution in [3.8, 4) is 11.1 Å². The van der Waals surface area contributed by atoms with Gasteiger partial charge in [-0.3, -0.25) is 0 Å². The van der Waals surface area contributed by atoms with E-state index in [1.165, 1.54) is 27.8 Å². The van der Waals surface area contributed by atoms with Crippen molar-refractivity contribution in [3.63, 3.8) is 0 Å². The molecular weight excluding hydrogens is 180 g/mol. The third-order valence-electron chi connectivity index (χ3n) is 3.04. The van der Waals surface area contributed by atoms with E-state index in [2.05, 4.69) is 56.0 Å². The highest BCUT2D eigenvalue weighted by Crippen LogP contribution is 2.43. The van der Waals surface area contributed by atoms with Crippen LogP contribution in [0.5, 0.6) is 0 Å². The normalized spacial score (nSPS) is 12.5. The number of hydrogen-bond donors (Lipinski definition) is 0. The van der Waals surface area contributed by atoms with Crippen molar-refractivity contribution in [2.24, 2.45) is 0 Å². The van der Waals surface area contributed by atoms with Crippen LogP contribution in [0.1, 0.15) is 16.7 Å². The van der Waals surface area contributed by atoms with Crippen LogP contribution in [0.15, 0.2) is 49.0 Å². The first-order valence-corrected chi connectivity index (χ1v) is 5.17. The van der Waals surface area contributed by atoms with Crippen molar-refractivity contribution in [1.29, 1.82) is 0 Å². The third-order valence-corrected chi connectivity index (χ3v) is 3.04. The molecule has 0 fully saturated rings. The van der Waals surface area contributed by atoms with E-state index in [4.69, 9.17) is 0 Å². The minimum Gasteiger partial charge on any atom is -0.0905 e. The molecule has 2 aromatic rings. The lowest BCUT2D eigenvalue weighted by atomic mass is 10.0. The molecule has 2 aromatic carbocycles. The van der Waals surface area contributed by atoms with Crippen LogP contribution in [0, 0.1) is 6.92 Å². The molecule has 0 heteroatoms. The number of rotatable bonds is 0. The molecule has 0 nitrogen and oxygen atoms in total. The molecule has 0 N–H and O–H groups in total. The van der Waals surface area contributed by atoms with Crippen molar-refractivity contribution in [2.75, 3.05) is 0 Å². The summed E-state index contributed by atoms with van der Waals surface area (Å²) in [4.78, 5) is 0. The Morgan fingerprint density at radius 2 is 1.47 bits per heavy atom. The van der Waals surface area contributed by atoms with E-state index >= 15 is 0 Å². The number of hydrogen-bond acceptors (Lipinski definition) is 0. The summed E-state index contributed by atoms with van der Waals surface area (Å²) >= 11 is 0. The van der Waals surface area contributed by atoms with Crippen molar-refractivity contribution in [1.82, 2.24) is 0 Å². The first kappa shape index (κ1) is 8.49. The topological polar surface area (TPSA) is 0 Å². The molecule has 0 heterocycles. The third kappa shape index (κ3) is 1.08. The van der Waals surface area contributed by atoms with E-state index < -0.39 is 0 Å². The Bertz CT molecular complexity index is 562. The molecule has 0 radical (unpaired) electrons. The van der Waals surface area contributed by atoms with E-state index in [1.807, 2.05) is 0 Å². The average molecular weight is 192 g/mol. The van der Waals surface area contributed by atoms with Gasteiger partial charge in [0.25, 0.3) is 0 Å². The van der Waals surface area contributed by atoms with E-state index in [-0.39, 0.29) is 0 Å². The Morgan fingerprint density at radius 1 is 0.800 bits per heavy atom. The van der Waals surface area contributed by atoms with Crippen LogP contribution in [0.2, 0.25) is 0 Å². The Kier molecular flexibility index (Phi) is 1.60. The molecule has 1 aliphatic rings. The van der Waals surface area contributed by atoms with Crippen molar-refractivity contribution < 1.29 is 0 Å². The molecule has 0 saturated carbocycles. The Balaban J connectivity index is 2.39. The molecule has 0 aliphatic heterocycles. The molecule has 1 aliphatic carbocycles. The lowest BCUT2D eigenvalue weighted by molar-refractivity contribution is 1.47. The molecule has 0 spiro atoms. The van der Waals surface area contributed by atoms with Gasteiger partial charge in [0.15, 0.2) is 0 Å². The summed E-state index contributed by atoms with van der Waals surface area (Å²) in [5.41, 5.74) is 7.66. The summed E-state index contributed by atoms with van der Waals surface area (Å²) in [6, 6.07) is 15.0. The first-order valence-electron chi connectivity index (χ1n) is 5.17. The zero-order chi connectivity index (χ0) is 10.4. The van der Waals surface area contributed by atoms with Gasteiger partial charge >= 0.3 is 0 Å². The fraction of sp³-hybridized carbons (Fsp3) is 0.0667. The van der Waals surface area contributed by atoms with Crippen LogP contribution in [-0.4, -0.2) is 0 Å². The lowest BCUT2D eigenvalue weighted by Crippen LogP contribution is -1.79. The van der Waals surface area contributed by atoms with Gasteiger partial charge in [-0.05, 0) is 34.8 Å². The highest BCUT2D eigenvalue weighted by molar-refractivity contribution is 6.00. The summed E-state index contributed by atoms with van der Waals surface area (Å²) < 4.78 is 0. The number of fused-ring (bicyclic) bond motifs is 3. The molecule has 0 atom stereocenters. The molecular formula is C15H12. The molecule has 0 bridgehead atoms. The van der Waals surface area contributed by atoms with Gasteiger partial charge < -0.3 is 0 Å². The van der Waals surface area contributed by atoms with Crippen molar-refractivity contribution >= 4 is 5.57 Å². The molecule has 3 rings (SSSR count). The van der Waals surface area contributed by atoms with Crippen LogP contribution in [-0.2, 0) is 0 Å². The van der Waals surface area contributed by atoms with Crippen LogP contribution in [0.4, 0.5) is 0 Å². The molecule has 0 amide bonds. The Labute approximate surface area is 89.9 Å². The van der Waals surface area contributed by atoms with E-state index in [1.54, 1.807) is 0 Å². The summed E-state index contributed by atoms with van der Waals surface area (Å²) in [5, 5.41) is 0. The SMILES string of the molecule is C=C1c2ccccc2-c2cc(C)ccc21. The van der Waals surface area contributed by atoms with Crippen LogP contribution in [0.25, 0.3) is 16.7 Å². The largest absolute Gasteiger partial charge is 0.0905 e. The molecule has 0 saturated heterocycles. The lowest BCUT2D eigenvalue weighted by Gasteiger charge is -2.01. The average Bonchev–Trinajstić information content (AvgIpc) is 2.54. The zero-order valence-corrected chi connectivity index (χ0v) is 8.75. The summed E-state index contributed by atoms with van der Waals surface area (Å²) in [7, 11) is 0. The second kappa shape index (κ2) is 2.83. The first-order chi connectivity index (χ1) is 7.27. The molecule has 0 unspecified atom stereocenters. The maximum Gasteiger partial charge on any atom is -0.00965 e. The maximum absolute atomic E-state index is 4.17. The molecule has 0 aromatic heterocycles. The van der Waals surface area contributed by atoms with Crippen molar-refractivity contribution in [2.45, 2.75) is 6.92 Å². The van der Waals surface area contributed by atoms with Gasteiger partial charge in [0.1, 0.15) is 0 Å². The highest BCUT2D eigenvalue weighted by atomic mass is 14.2. The van der Waals surface area contributed by atoms with Gasteiger partial charge in [0.2, 0.25) is 0 Å². The fourth-order valence-corrected chi connectivity index (χ4v) is 2.27. The van der Waals surface area contributed by atoms with Gasteiger partial charge in [0.05, 0.1) is 0 Å². The predicted molar refractivity (Wildman–Crippen MR) is 64.8 cm³/mol. The van der Waals surface area contributed by atoms with E-state index in [0.29, 0.717) is 0 Å². The second-order valence-electron chi connectivity index (χ2n) is 4.07. The van der Waals surface area contributed by atoms with Gasteiger partial charge in [0, 0.05) is 0 Å². The van der Waals surface area contributed by atoms with E-state index in [9.17, 15) is 0 Å². The minimum absolute atomic E-state index is 1.15. The van der Waals surface area contributed by atoms with E-state index in [0.717, 1.165) is 5.57 Å². The van der Waals surface area contributed by atoms with Crippen LogP contribution >= 0.6 is 0 Å². The minimum atomic E-state index is 1.15. The molecule has 15 heavy (non-hydrogen) atoms. The fourth-order valence-electron chi connectivity index (χ4n) is 2.27. The standard InChI is InChI=1S/C15H12/c1-10-7-8-13-11(2)12-5-3-4-6-14(12)15(13)9-10/h3-9H,2H2,1H3. The monoisotopic (exact) mass is 192 g/mol. The number of aryl methyl sites for hydroxylation is 1. The molecule has 72 valence electrons. The second-order valence-corrected chi connectivity index (χ2v) is 4.07. The summed E-state index contributed by atoms with van der Waals surface area (Å²) in [6.45, 7) is 6.30. The quantitative estimate of drug-likeness (QED) is 0.504. The van der Waals surface area contributed by atoms with Crippen LogP contribution in [0.3, 0.4) is 0 Å². The summed E-state index contributed by atoms with van der Waals surface area (Å²) in [6.07, 6.45) is 0. The number of benzene rings is 2. The maximum atomic E-state index is 4.17. The smallest absolute Gasteiger partial charge is 0.00965 e. The predicted octanol–water partition coefficient (Wildman–Crippen LogP) is 4.04. The van der Waals surface area contributed by atoms with Crippen molar-refractivity contribution in [3.05, 3.63) is 65.7 Å². The Hall–Kier alpha value is -1.82. The van der Waals surface area contributed by atoms with Gasteiger partial charge in [-0.2, -0.15) is 0 Å². The van der Waals surface area contributed by atoms with Gasteiger partial charge in [-0.15, -0.1) is 0 Å². The zero-order valence-electron chi connectivity index (χ0n) is 8.75.